The standard InChI is InChI=1S/C18H20ClF3N6O/c1-16(11-29,12-6-4-3-5-7-12)27-14-17(19,18(20,21)22)10-23-15(26-14)25-13-8-24-28(2)9-13/h3-10,14,27,29H,11H2,1-2H3,(H,25,26). The molecule has 2 aromatic rings. The lowest BCUT2D eigenvalue weighted by Crippen LogP contribution is -2.63. The number of benzene rings is 1. The molecule has 1 aliphatic rings. The Bertz CT molecular complexity index is 916. The Hall–Kier alpha value is -2.43. The average molecular weight is 429 g/mol. The molecule has 2 heterocycles. The van der Waals surface area contributed by atoms with E-state index in [1.807, 2.05) is 0 Å². The Morgan fingerprint density at radius 1 is 1.28 bits per heavy atom. The van der Waals surface area contributed by atoms with Gasteiger partial charge in [-0.3, -0.25) is 10.00 Å². The highest BCUT2D eigenvalue weighted by atomic mass is 35.5. The minimum atomic E-state index is -4.84. The summed E-state index contributed by atoms with van der Waals surface area (Å²) in [5.41, 5.74) is -0.141. The topological polar surface area (TPSA) is 86.8 Å². The summed E-state index contributed by atoms with van der Waals surface area (Å²) >= 11 is 5.97. The van der Waals surface area contributed by atoms with Crippen LogP contribution in [0.4, 0.5) is 18.9 Å². The molecule has 156 valence electrons. The molecule has 0 amide bonds. The van der Waals surface area contributed by atoms with Crippen LogP contribution in [0.25, 0.3) is 0 Å². The third-order valence-corrected chi connectivity index (χ3v) is 5.12. The molecule has 1 aromatic heterocycles. The van der Waals surface area contributed by atoms with Crippen LogP contribution in [0.15, 0.2) is 52.7 Å². The van der Waals surface area contributed by atoms with Crippen LogP contribution in [-0.4, -0.2) is 50.9 Å². The summed E-state index contributed by atoms with van der Waals surface area (Å²) in [6, 6.07) is 8.61. The number of aryl methyl sites for hydroxylation is 1. The zero-order valence-electron chi connectivity index (χ0n) is 15.7. The van der Waals surface area contributed by atoms with Gasteiger partial charge >= 0.3 is 6.18 Å². The molecule has 3 unspecified atom stereocenters. The van der Waals surface area contributed by atoms with E-state index in [4.69, 9.17) is 11.6 Å². The summed E-state index contributed by atoms with van der Waals surface area (Å²) in [4.78, 5) is 4.93. The lowest BCUT2D eigenvalue weighted by molar-refractivity contribution is -0.151. The largest absolute Gasteiger partial charge is 0.416 e. The van der Waals surface area contributed by atoms with E-state index >= 15 is 0 Å². The van der Waals surface area contributed by atoms with E-state index in [1.165, 1.54) is 10.9 Å². The van der Waals surface area contributed by atoms with Gasteiger partial charge in [-0.2, -0.15) is 18.3 Å². The predicted octanol–water partition coefficient (Wildman–Crippen LogP) is 2.64. The van der Waals surface area contributed by atoms with Crippen LogP contribution >= 0.6 is 11.6 Å². The molecule has 3 atom stereocenters. The maximum Gasteiger partial charge on any atom is 0.416 e. The highest BCUT2D eigenvalue weighted by Crippen LogP contribution is 2.41. The van der Waals surface area contributed by atoms with Crippen molar-refractivity contribution >= 4 is 29.5 Å². The van der Waals surface area contributed by atoms with E-state index in [9.17, 15) is 18.3 Å². The highest BCUT2D eigenvalue weighted by molar-refractivity contribution is 6.34. The number of nitrogens with one attached hydrogen (secondary N) is 2. The van der Waals surface area contributed by atoms with Gasteiger partial charge in [-0.15, -0.1) is 0 Å². The van der Waals surface area contributed by atoms with Crippen molar-refractivity contribution in [3.8, 4) is 0 Å². The number of nitrogens with zero attached hydrogens (tertiary/aromatic N) is 4. The van der Waals surface area contributed by atoms with E-state index in [-0.39, 0.29) is 5.96 Å². The second-order valence-corrected chi connectivity index (χ2v) is 7.53. The Morgan fingerprint density at radius 3 is 2.52 bits per heavy atom. The van der Waals surface area contributed by atoms with Crippen LogP contribution in [0.3, 0.4) is 0 Å². The molecule has 3 N–H and O–H groups in total. The number of hydrogen-bond donors (Lipinski definition) is 3. The van der Waals surface area contributed by atoms with Crippen LogP contribution < -0.4 is 10.6 Å². The maximum absolute atomic E-state index is 13.8. The molecular formula is C18H20ClF3N6O. The summed E-state index contributed by atoms with van der Waals surface area (Å²) in [6.07, 6.45) is -2.78. The smallest absolute Gasteiger partial charge is 0.394 e. The van der Waals surface area contributed by atoms with Crippen molar-refractivity contribution in [3.05, 3.63) is 48.3 Å². The quantitative estimate of drug-likeness (QED) is 0.639. The fourth-order valence-corrected chi connectivity index (χ4v) is 3.00. The highest BCUT2D eigenvalue weighted by Gasteiger charge is 2.60. The van der Waals surface area contributed by atoms with Gasteiger partial charge in [0, 0.05) is 19.5 Å². The van der Waals surface area contributed by atoms with E-state index < -0.39 is 29.4 Å². The minimum Gasteiger partial charge on any atom is -0.394 e. The number of aliphatic hydroxyl groups excluding tert-OH is 1. The molecule has 0 aliphatic carbocycles. The van der Waals surface area contributed by atoms with Gasteiger partial charge in [-0.05, 0) is 12.5 Å². The van der Waals surface area contributed by atoms with Gasteiger partial charge in [0.05, 0.1) is 24.0 Å². The Kier molecular flexibility index (Phi) is 5.70. The first-order valence-corrected chi connectivity index (χ1v) is 9.03. The van der Waals surface area contributed by atoms with Crippen LogP contribution in [0.5, 0.6) is 0 Å². The van der Waals surface area contributed by atoms with E-state index in [0.29, 0.717) is 17.5 Å². The molecule has 0 spiro atoms. The zero-order chi connectivity index (χ0) is 21.3. The normalized spacial score (nSPS) is 24.1. The van der Waals surface area contributed by atoms with E-state index in [2.05, 4.69) is 25.7 Å². The van der Waals surface area contributed by atoms with Gasteiger partial charge in [-0.25, -0.2) is 9.98 Å². The number of anilines is 1. The van der Waals surface area contributed by atoms with Crippen LogP contribution in [0.2, 0.25) is 0 Å². The molecular weight excluding hydrogens is 409 g/mol. The van der Waals surface area contributed by atoms with E-state index in [0.717, 1.165) is 0 Å². The number of rotatable bonds is 5. The molecule has 3 rings (SSSR count). The van der Waals surface area contributed by atoms with E-state index in [1.54, 1.807) is 50.5 Å². The number of guanidine groups is 1. The number of hydrogen-bond acceptors (Lipinski definition) is 6. The monoisotopic (exact) mass is 428 g/mol. The molecule has 0 bridgehead atoms. The number of aliphatic hydroxyl groups is 1. The van der Waals surface area contributed by atoms with Crippen molar-refractivity contribution in [2.24, 2.45) is 17.0 Å². The molecule has 1 aromatic carbocycles. The summed E-state index contributed by atoms with van der Waals surface area (Å²) < 4.78 is 42.9. The third kappa shape index (κ3) is 4.29. The van der Waals surface area contributed by atoms with Crippen molar-refractivity contribution in [1.29, 1.82) is 0 Å². The summed E-state index contributed by atoms with van der Waals surface area (Å²) in [5.74, 6) is -0.0654. The lowest BCUT2D eigenvalue weighted by atomic mass is 9.91. The van der Waals surface area contributed by atoms with Gasteiger partial charge in [0.1, 0.15) is 6.17 Å². The van der Waals surface area contributed by atoms with Crippen molar-refractivity contribution in [2.45, 2.75) is 29.7 Å². The first-order chi connectivity index (χ1) is 13.6. The SMILES string of the molecule is Cn1cc(NC2=NC(NC(C)(CO)c3ccccc3)C(Cl)(C(F)(F)F)C=N2)cn1. The van der Waals surface area contributed by atoms with Crippen molar-refractivity contribution < 1.29 is 18.3 Å². The minimum absolute atomic E-state index is 0.0654. The average Bonchev–Trinajstić information content (AvgIpc) is 3.09. The predicted molar refractivity (Wildman–Crippen MR) is 105 cm³/mol. The third-order valence-electron chi connectivity index (χ3n) is 4.60. The lowest BCUT2D eigenvalue weighted by Gasteiger charge is -2.40. The Balaban J connectivity index is 1.96. The Labute approximate surface area is 170 Å². The van der Waals surface area contributed by atoms with Gasteiger partial charge in [0.25, 0.3) is 0 Å². The summed E-state index contributed by atoms with van der Waals surface area (Å²) in [5, 5.41) is 19.5. The Morgan fingerprint density at radius 2 is 1.97 bits per heavy atom. The fraction of sp³-hybridized carbons (Fsp3) is 0.389. The molecule has 0 saturated carbocycles. The molecule has 0 fully saturated rings. The van der Waals surface area contributed by atoms with Crippen LogP contribution in [0, 0.1) is 0 Å². The molecule has 11 heteroatoms. The second kappa shape index (κ2) is 7.77. The van der Waals surface area contributed by atoms with Crippen LogP contribution in [0.1, 0.15) is 12.5 Å². The van der Waals surface area contributed by atoms with Gasteiger partial charge in [-0.1, -0.05) is 41.9 Å². The van der Waals surface area contributed by atoms with Gasteiger partial charge < -0.3 is 10.4 Å². The second-order valence-electron chi connectivity index (χ2n) is 6.91. The van der Waals surface area contributed by atoms with Crippen molar-refractivity contribution in [1.82, 2.24) is 15.1 Å². The molecule has 1 aliphatic heterocycles. The molecule has 0 saturated heterocycles. The molecule has 29 heavy (non-hydrogen) atoms. The zero-order valence-corrected chi connectivity index (χ0v) is 16.4. The van der Waals surface area contributed by atoms with Gasteiger partial charge in [0.2, 0.25) is 10.8 Å². The van der Waals surface area contributed by atoms with Crippen LogP contribution in [-0.2, 0) is 12.6 Å². The summed E-state index contributed by atoms with van der Waals surface area (Å²) in [6.45, 7) is 1.10. The maximum atomic E-state index is 13.8. The number of halogens is 4. The van der Waals surface area contributed by atoms with Crippen molar-refractivity contribution in [3.63, 3.8) is 0 Å². The fourth-order valence-electron chi connectivity index (χ4n) is 2.85. The summed E-state index contributed by atoms with van der Waals surface area (Å²) in [7, 11) is 1.70. The van der Waals surface area contributed by atoms with Gasteiger partial charge in [0.15, 0.2) is 0 Å². The van der Waals surface area contributed by atoms with Crippen molar-refractivity contribution in [2.75, 3.05) is 11.9 Å². The molecule has 7 nitrogen and oxygen atoms in total. The number of aromatic nitrogens is 2. The number of alkyl halides is 4. The first kappa shape index (κ1) is 21.3. The first-order valence-electron chi connectivity index (χ1n) is 8.66. The molecule has 0 radical (unpaired) electrons. The number of aliphatic imine (C=N–C) groups is 2.